The van der Waals surface area contributed by atoms with Crippen molar-refractivity contribution in [1.82, 2.24) is 5.32 Å². The van der Waals surface area contributed by atoms with Crippen molar-refractivity contribution in [1.29, 1.82) is 0 Å². The molecule has 0 aliphatic carbocycles. The van der Waals surface area contributed by atoms with Crippen LogP contribution in [0.4, 0.5) is 0 Å². The fourth-order valence-electron chi connectivity index (χ4n) is 2.00. The van der Waals surface area contributed by atoms with Crippen LogP contribution in [0.5, 0.6) is 0 Å². The van der Waals surface area contributed by atoms with E-state index in [0.29, 0.717) is 19.2 Å². The van der Waals surface area contributed by atoms with Crippen LogP contribution in [0.2, 0.25) is 0 Å². The van der Waals surface area contributed by atoms with Gasteiger partial charge in [-0.2, -0.15) is 0 Å². The Morgan fingerprint density at radius 1 is 1.05 bits per heavy atom. The SMILES string of the molecule is CCCCCCCCOCC(O)CNC(C)CCOC. The number of rotatable bonds is 15. The fraction of sp³-hybridized carbons (Fsp3) is 1.00. The molecule has 0 spiro atoms. The molecule has 0 saturated carbocycles. The fourth-order valence-corrected chi connectivity index (χ4v) is 2.00. The zero-order valence-corrected chi connectivity index (χ0v) is 13.7. The molecule has 2 unspecified atom stereocenters. The van der Waals surface area contributed by atoms with Gasteiger partial charge in [0.1, 0.15) is 0 Å². The Labute approximate surface area is 125 Å². The lowest BCUT2D eigenvalue weighted by atomic mass is 10.1. The van der Waals surface area contributed by atoms with E-state index in [9.17, 15) is 5.11 Å². The van der Waals surface area contributed by atoms with Crippen LogP contribution in [0.1, 0.15) is 58.8 Å². The van der Waals surface area contributed by atoms with Crippen LogP contribution in [0.25, 0.3) is 0 Å². The summed E-state index contributed by atoms with van der Waals surface area (Å²) in [4.78, 5) is 0. The first kappa shape index (κ1) is 19.8. The topological polar surface area (TPSA) is 50.7 Å². The van der Waals surface area contributed by atoms with Gasteiger partial charge >= 0.3 is 0 Å². The van der Waals surface area contributed by atoms with E-state index in [4.69, 9.17) is 9.47 Å². The molecule has 0 heterocycles. The van der Waals surface area contributed by atoms with E-state index in [0.717, 1.165) is 26.1 Å². The average molecular weight is 289 g/mol. The lowest BCUT2D eigenvalue weighted by molar-refractivity contribution is 0.0338. The van der Waals surface area contributed by atoms with Gasteiger partial charge in [-0.3, -0.25) is 0 Å². The van der Waals surface area contributed by atoms with Crippen molar-refractivity contribution < 1.29 is 14.6 Å². The maximum Gasteiger partial charge on any atom is 0.0897 e. The van der Waals surface area contributed by atoms with Crippen LogP contribution >= 0.6 is 0 Å². The standard InChI is InChI=1S/C16H35NO3/c1-4-5-6-7-8-9-11-20-14-16(18)13-17-15(2)10-12-19-3/h15-18H,4-14H2,1-3H3. The Morgan fingerprint density at radius 3 is 2.45 bits per heavy atom. The molecule has 20 heavy (non-hydrogen) atoms. The molecule has 0 aromatic heterocycles. The molecule has 2 N–H and O–H groups in total. The van der Waals surface area contributed by atoms with Crippen molar-refractivity contribution in [3.63, 3.8) is 0 Å². The zero-order valence-electron chi connectivity index (χ0n) is 13.7. The predicted octanol–water partition coefficient (Wildman–Crippen LogP) is 2.74. The smallest absolute Gasteiger partial charge is 0.0897 e. The summed E-state index contributed by atoms with van der Waals surface area (Å²) in [5.41, 5.74) is 0. The first-order valence-corrected chi connectivity index (χ1v) is 8.18. The first-order valence-electron chi connectivity index (χ1n) is 8.18. The molecule has 0 aromatic carbocycles. The van der Waals surface area contributed by atoms with Crippen LogP contribution in [0.3, 0.4) is 0 Å². The molecule has 0 aliphatic rings. The molecule has 4 nitrogen and oxygen atoms in total. The van der Waals surface area contributed by atoms with Crippen LogP contribution in [-0.4, -0.2) is 50.7 Å². The number of aliphatic hydroxyl groups is 1. The summed E-state index contributed by atoms with van der Waals surface area (Å²) in [6.07, 6.45) is 8.16. The van der Waals surface area contributed by atoms with Crippen LogP contribution in [0, 0.1) is 0 Å². The zero-order chi connectivity index (χ0) is 15.1. The molecular weight excluding hydrogens is 254 g/mol. The van der Waals surface area contributed by atoms with E-state index in [2.05, 4.69) is 19.2 Å². The minimum Gasteiger partial charge on any atom is -0.389 e. The van der Waals surface area contributed by atoms with Crippen molar-refractivity contribution in [2.45, 2.75) is 70.9 Å². The van der Waals surface area contributed by atoms with Gasteiger partial charge in [-0.05, 0) is 19.8 Å². The highest BCUT2D eigenvalue weighted by atomic mass is 16.5. The van der Waals surface area contributed by atoms with Gasteiger partial charge < -0.3 is 19.9 Å². The number of hydrogen-bond acceptors (Lipinski definition) is 4. The lowest BCUT2D eigenvalue weighted by Crippen LogP contribution is -2.36. The van der Waals surface area contributed by atoms with Crippen LogP contribution < -0.4 is 5.32 Å². The first-order chi connectivity index (χ1) is 9.70. The van der Waals surface area contributed by atoms with Crippen molar-refractivity contribution in [2.75, 3.05) is 33.5 Å². The summed E-state index contributed by atoms with van der Waals surface area (Å²) >= 11 is 0. The van der Waals surface area contributed by atoms with Crippen molar-refractivity contribution in [3.8, 4) is 0 Å². The van der Waals surface area contributed by atoms with Gasteiger partial charge in [-0.15, -0.1) is 0 Å². The highest BCUT2D eigenvalue weighted by molar-refractivity contribution is 4.64. The monoisotopic (exact) mass is 289 g/mol. The van der Waals surface area contributed by atoms with Crippen LogP contribution in [-0.2, 0) is 9.47 Å². The van der Waals surface area contributed by atoms with Gasteiger partial charge in [0.15, 0.2) is 0 Å². The van der Waals surface area contributed by atoms with E-state index in [-0.39, 0.29) is 0 Å². The number of nitrogens with one attached hydrogen (secondary N) is 1. The Morgan fingerprint density at radius 2 is 1.75 bits per heavy atom. The molecule has 0 fully saturated rings. The number of ether oxygens (including phenoxy) is 2. The van der Waals surface area contributed by atoms with E-state index in [1.54, 1.807) is 7.11 Å². The van der Waals surface area contributed by atoms with Crippen molar-refractivity contribution in [2.24, 2.45) is 0 Å². The number of hydrogen-bond donors (Lipinski definition) is 2. The second-order valence-corrected chi connectivity index (χ2v) is 5.59. The lowest BCUT2D eigenvalue weighted by Gasteiger charge is -2.17. The second-order valence-electron chi connectivity index (χ2n) is 5.59. The van der Waals surface area contributed by atoms with E-state index in [1.165, 1.54) is 32.1 Å². The van der Waals surface area contributed by atoms with E-state index < -0.39 is 6.10 Å². The minimum absolute atomic E-state index is 0.364. The van der Waals surface area contributed by atoms with Gasteiger partial charge in [0, 0.05) is 32.9 Å². The van der Waals surface area contributed by atoms with Gasteiger partial charge in [0.2, 0.25) is 0 Å². The third kappa shape index (κ3) is 14.3. The Kier molecular flexibility index (Phi) is 15.1. The van der Waals surface area contributed by atoms with Gasteiger partial charge in [-0.1, -0.05) is 39.0 Å². The molecule has 0 amide bonds. The predicted molar refractivity (Wildman–Crippen MR) is 84.2 cm³/mol. The Balaban J connectivity index is 3.25. The average Bonchev–Trinajstić information content (AvgIpc) is 2.45. The molecule has 0 aromatic rings. The summed E-state index contributed by atoms with van der Waals surface area (Å²) in [5.74, 6) is 0. The summed E-state index contributed by atoms with van der Waals surface area (Å²) in [5, 5.41) is 13.1. The highest BCUT2D eigenvalue weighted by Crippen LogP contribution is 2.04. The van der Waals surface area contributed by atoms with E-state index >= 15 is 0 Å². The number of aliphatic hydroxyl groups excluding tert-OH is 1. The van der Waals surface area contributed by atoms with E-state index in [1.807, 2.05) is 0 Å². The summed E-state index contributed by atoms with van der Waals surface area (Å²) in [7, 11) is 1.71. The minimum atomic E-state index is -0.417. The van der Waals surface area contributed by atoms with Gasteiger partial charge in [0.25, 0.3) is 0 Å². The quantitative estimate of drug-likeness (QED) is 0.455. The summed E-state index contributed by atoms with van der Waals surface area (Å²) in [6, 6.07) is 0.364. The molecule has 0 rings (SSSR count). The third-order valence-electron chi connectivity index (χ3n) is 3.41. The molecule has 0 radical (unpaired) electrons. The number of methoxy groups -OCH3 is 1. The second kappa shape index (κ2) is 15.2. The maximum atomic E-state index is 9.78. The largest absolute Gasteiger partial charge is 0.389 e. The molecule has 0 bridgehead atoms. The van der Waals surface area contributed by atoms with Crippen LogP contribution in [0.15, 0.2) is 0 Å². The number of unbranched alkanes of at least 4 members (excludes halogenated alkanes) is 5. The molecule has 122 valence electrons. The van der Waals surface area contributed by atoms with Gasteiger partial charge in [-0.25, -0.2) is 0 Å². The summed E-state index contributed by atoms with van der Waals surface area (Å²) in [6.45, 7) is 6.86. The van der Waals surface area contributed by atoms with Gasteiger partial charge in [0.05, 0.1) is 12.7 Å². The normalized spacial score (nSPS) is 14.4. The van der Waals surface area contributed by atoms with Crippen molar-refractivity contribution >= 4 is 0 Å². The molecule has 2 atom stereocenters. The Hall–Kier alpha value is -0.160. The molecule has 0 saturated heterocycles. The highest BCUT2D eigenvalue weighted by Gasteiger charge is 2.07. The molecular formula is C16H35NO3. The molecule has 0 aliphatic heterocycles. The summed E-state index contributed by atoms with van der Waals surface area (Å²) < 4.78 is 10.5. The third-order valence-corrected chi connectivity index (χ3v) is 3.41. The molecule has 4 heteroatoms. The maximum absolute atomic E-state index is 9.78. The Bertz CT molecular complexity index is 191. The van der Waals surface area contributed by atoms with Crippen molar-refractivity contribution in [3.05, 3.63) is 0 Å².